The molecule has 1 amide bonds. The Morgan fingerprint density at radius 1 is 1.15 bits per heavy atom. The lowest BCUT2D eigenvalue weighted by Crippen LogP contribution is -2.68. The van der Waals surface area contributed by atoms with Crippen molar-refractivity contribution in [3.63, 3.8) is 0 Å². The van der Waals surface area contributed by atoms with E-state index in [1.54, 1.807) is 7.11 Å². The number of carbonyl (C=O) groups excluding carboxylic acids is 1. The third kappa shape index (κ3) is 8.30. The molecule has 0 radical (unpaired) electrons. The summed E-state index contributed by atoms with van der Waals surface area (Å²) >= 11 is 6.60. The number of nitrogens with zero attached hydrogens (tertiary/aromatic N) is 1. The lowest BCUT2D eigenvalue weighted by molar-refractivity contribution is -0.137. The maximum Gasteiger partial charge on any atom is 0.227 e. The van der Waals surface area contributed by atoms with Gasteiger partial charge in [0.1, 0.15) is 0 Å². The number of piperidine rings is 1. The van der Waals surface area contributed by atoms with Gasteiger partial charge in [-0.15, -0.1) is 11.6 Å². The van der Waals surface area contributed by atoms with Crippen LogP contribution in [0.25, 0.3) is 0 Å². The topological polar surface area (TPSA) is 138 Å². The molecule has 0 aromatic heterocycles. The summed E-state index contributed by atoms with van der Waals surface area (Å²) in [6.45, 7) is 5.67. The number of methoxy groups -OCH3 is 1. The van der Waals surface area contributed by atoms with E-state index in [0.717, 1.165) is 38.5 Å². The van der Waals surface area contributed by atoms with Gasteiger partial charge >= 0.3 is 0 Å². The number of carbonyl (C=O) groups is 1. The first-order valence-electron chi connectivity index (χ1n) is 15.5. The fraction of sp³-hybridized carbons (Fsp3) is 0.933. The minimum atomic E-state index is -0.798. The van der Waals surface area contributed by atoms with Crippen LogP contribution in [0.15, 0.2) is 0 Å². The van der Waals surface area contributed by atoms with E-state index in [1.165, 1.54) is 38.5 Å². The molecule has 224 valence electrons. The van der Waals surface area contributed by atoms with Gasteiger partial charge in [0.2, 0.25) is 5.91 Å². The van der Waals surface area contributed by atoms with Gasteiger partial charge in [-0.1, -0.05) is 52.4 Å². The van der Waals surface area contributed by atoms with Crippen molar-refractivity contribution >= 4 is 17.5 Å². The summed E-state index contributed by atoms with van der Waals surface area (Å²) in [5, 5.41) is 19.8. The van der Waals surface area contributed by atoms with E-state index in [9.17, 15) is 10.1 Å². The van der Waals surface area contributed by atoms with E-state index in [1.807, 2.05) is 0 Å². The van der Waals surface area contributed by atoms with Crippen LogP contribution in [0.5, 0.6) is 0 Å². The van der Waals surface area contributed by atoms with Gasteiger partial charge < -0.3 is 26.8 Å². The molecule has 3 fully saturated rings. The molecule has 1 saturated carbocycles. The molecule has 9 heteroatoms. The number of unbranched alkanes of at least 4 members (excludes halogenated alkanes) is 2. The largest absolute Gasteiger partial charge is 0.376 e. The first kappa shape index (κ1) is 32.6. The number of halogens is 1. The van der Waals surface area contributed by atoms with E-state index in [4.69, 9.17) is 27.8 Å². The van der Waals surface area contributed by atoms with Gasteiger partial charge in [0, 0.05) is 32.5 Å². The number of alkyl halides is 1. The molecule has 2 aliphatic heterocycles. The van der Waals surface area contributed by atoms with Crippen molar-refractivity contribution in [1.29, 1.82) is 5.26 Å². The summed E-state index contributed by atoms with van der Waals surface area (Å²) in [4.78, 5) is 14.1. The Labute approximate surface area is 242 Å². The average Bonchev–Trinajstić information content (AvgIpc) is 2.90. The Morgan fingerprint density at radius 3 is 2.54 bits per heavy atom. The predicted octanol–water partition coefficient (Wildman–Crippen LogP) is 4.11. The minimum Gasteiger partial charge on any atom is -0.376 e. The molecule has 6 unspecified atom stereocenters. The fourth-order valence-electron chi connectivity index (χ4n) is 7.78. The second kappa shape index (κ2) is 15.3. The highest BCUT2D eigenvalue weighted by molar-refractivity contribution is 6.20. The quantitative estimate of drug-likeness (QED) is 0.110. The van der Waals surface area contributed by atoms with Crippen LogP contribution in [0.2, 0.25) is 0 Å². The number of ether oxygens (including phenoxy) is 1. The van der Waals surface area contributed by atoms with Gasteiger partial charge in [0.05, 0.1) is 35.3 Å². The summed E-state index contributed by atoms with van der Waals surface area (Å²) < 4.78 is 6.26. The monoisotopic (exact) mass is 566 g/mol. The zero-order valence-corrected chi connectivity index (χ0v) is 25.4. The molecule has 1 spiro atoms. The number of hydrogen-bond acceptors (Lipinski definition) is 7. The molecule has 3 rings (SSSR count). The third-order valence-electron chi connectivity index (χ3n) is 10.3. The number of nitriles is 1. The van der Waals surface area contributed by atoms with E-state index < -0.39 is 17.7 Å². The van der Waals surface area contributed by atoms with Crippen molar-refractivity contribution in [2.75, 3.05) is 20.2 Å². The number of nitrogens with two attached hydrogens (primary N) is 2. The summed E-state index contributed by atoms with van der Waals surface area (Å²) in [5.74, 6) is -0.191. The smallest absolute Gasteiger partial charge is 0.227 e. The first-order valence-corrected chi connectivity index (χ1v) is 16.0. The van der Waals surface area contributed by atoms with Crippen molar-refractivity contribution in [3.8, 4) is 6.07 Å². The Balaban J connectivity index is 1.83. The summed E-state index contributed by atoms with van der Waals surface area (Å²) in [5.41, 5.74) is 12.2. The molecule has 0 aromatic carbocycles. The highest BCUT2D eigenvalue weighted by Gasteiger charge is 2.50. The highest BCUT2D eigenvalue weighted by Crippen LogP contribution is 2.46. The van der Waals surface area contributed by atoms with Crippen LogP contribution in [0.1, 0.15) is 104 Å². The molecule has 7 N–H and O–H groups in total. The molecule has 0 aromatic rings. The maximum atomic E-state index is 14.1. The fourth-order valence-corrected chi connectivity index (χ4v) is 8.11. The van der Waals surface area contributed by atoms with Crippen LogP contribution in [-0.4, -0.2) is 55.5 Å². The average molecular weight is 567 g/mol. The lowest BCUT2D eigenvalue weighted by atomic mass is 9.64. The van der Waals surface area contributed by atoms with E-state index in [0.29, 0.717) is 25.9 Å². The van der Waals surface area contributed by atoms with Crippen LogP contribution < -0.4 is 27.4 Å². The number of rotatable bonds is 11. The standard InChI is InChI=1S/C30H55ClN6O2/c1-4-5-7-10-21(2)30(39-3)18-25(31)36-20-24(30)37-28(38)26(27(33)34)23-17-29(13-8-6-9-14-29)15-11-22(12-16-32)19-35-23/h21-27,35-36H,4-15,17-20,33-34H2,1-3H3,(H,37,38)/t21-,22?,23?,24?,25?,26?,30?/m0/s1. The highest BCUT2D eigenvalue weighted by atomic mass is 35.5. The summed E-state index contributed by atoms with van der Waals surface area (Å²) in [6.07, 6.45) is 13.9. The van der Waals surface area contributed by atoms with Crippen molar-refractivity contribution in [1.82, 2.24) is 16.0 Å². The lowest BCUT2D eigenvalue weighted by Gasteiger charge is -2.50. The molecule has 2 saturated heterocycles. The van der Waals surface area contributed by atoms with Gasteiger partial charge in [0.15, 0.2) is 0 Å². The molecule has 7 atom stereocenters. The van der Waals surface area contributed by atoms with Crippen molar-refractivity contribution in [3.05, 3.63) is 0 Å². The van der Waals surface area contributed by atoms with Crippen LogP contribution in [0, 0.1) is 34.5 Å². The molecule has 1 aliphatic carbocycles. The maximum absolute atomic E-state index is 14.1. The molecular weight excluding hydrogens is 512 g/mol. The van der Waals surface area contributed by atoms with Crippen LogP contribution in [0.3, 0.4) is 0 Å². The molecule has 0 bridgehead atoms. The molecule has 39 heavy (non-hydrogen) atoms. The van der Waals surface area contributed by atoms with Crippen molar-refractivity contribution < 1.29 is 9.53 Å². The Hall–Kier alpha value is -0.950. The van der Waals surface area contributed by atoms with Gasteiger partial charge in [-0.3, -0.25) is 10.1 Å². The summed E-state index contributed by atoms with van der Waals surface area (Å²) in [6, 6.07) is 1.99. The zero-order chi connectivity index (χ0) is 28.5. The van der Waals surface area contributed by atoms with Gasteiger partial charge in [-0.25, -0.2) is 0 Å². The second-order valence-electron chi connectivity index (χ2n) is 12.8. The summed E-state index contributed by atoms with van der Waals surface area (Å²) in [7, 11) is 1.75. The van der Waals surface area contributed by atoms with Gasteiger partial charge in [-0.05, 0) is 62.3 Å². The molecule has 3 aliphatic rings. The molecule has 2 heterocycles. The van der Waals surface area contributed by atoms with E-state index in [-0.39, 0.29) is 40.7 Å². The third-order valence-corrected chi connectivity index (χ3v) is 10.6. The van der Waals surface area contributed by atoms with E-state index in [2.05, 4.69) is 35.9 Å². The Kier molecular flexibility index (Phi) is 12.8. The Bertz CT molecular complexity index is 801. The zero-order valence-electron chi connectivity index (χ0n) is 24.7. The van der Waals surface area contributed by atoms with Crippen molar-refractivity contribution in [2.45, 2.75) is 133 Å². The van der Waals surface area contributed by atoms with Crippen molar-refractivity contribution in [2.24, 2.45) is 34.6 Å². The normalized spacial score (nSPS) is 33.1. The minimum absolute atomic E-state index is 0.118. The van der Waals surface area contributed by atoms with Gasteiger partial charge in [0.25, 0.3) is 0 Å². The molecular formula is C30H55ClN6O2. The second-order valence-corrected chi connectivity index (χ2v) is 13.4. The Morgan fingerprint density at radius 2 is 1.90 bits per heavy atom. The first-order chi connectivity index (χ1) is 18.7. The number of nitrogens with one attached hydrogen (secondary N) is 3. The SMILES string of the molecule is CCCCC[C@H](C)C1(OC)CC(Cl)NCC1NC(=O)C(C(N)N)C1CC2(CCCCC2)CCC(CC#N)CN1. The van der Waals surface area contributed by atoms with Crippen LogP contribution in [-0.2, 0) is 9.53 Å². The molecule has 8 nitrogen and oxygen atoms in total. The number of hydrogen-bond donors (Lipinski definition) is 5. The van der Waals surface area contributed by atoms with Crippen LogP contribution >= 0.6 is 11.6 Å². The number of amides is 1. The van der Waals surface area contributed by atoms with Crippen LogP contribution in [0.4, 0.5) is 0 Å². The predicted molar refractivity (Wildman–Crippen MR) is 158 cm³/mol. The van der Waals surface area contributed by atoms with E-state index >= 15 is 0 Å². The van der Waals surface area contributed by atoms with Gasteiger partial charge in [-0.2, -0.15) is 5.26 Å².